The molecule has 0 N–H and O–H groups in total. The summed E-state index contributed by atoms with van der Waals surface area (Å²) in [7, 11) is 1.50. The minimum Gasteiger partial charge on any atom is -0.493 e. The van der Waals surface area contributed by atoms with Crippen molar-refractivity contribution >= 4 is 29.0 Å². The first-order valence-electron chi connectivity index (χ1n) is 8.59. The predicted molar refractivity (Wildman–Crippen MR) is 107 cm³/mol. The molecule has 2 aromatic rings. The number of thioether (sulfide) groups is 1. The molecule has 0 aromatic heterocycles. The van der Waals surface area contributed by atoms with Gasteiger partial charge in [-0.25, -0.2) is 0 Å². The maximum absolute atomic E-state index is 12.6. The molecule has 0 radical (unpaired) electrons. The number of rotatable bonds is 7. The number of imide groups is 1. The van der Waals surface area contributed by atoms with Crippen molar-refractivity contribution in [2.45, 2.75) is 6.42 Å². The Balaban J connectivity index is 1.73. The lowest BCUT2D eigenvalue weighted by atomic mass is 10.1. The minimum atomic E-state index is -0.297. The van der Waals surface area contributed by atoms with Gasteiger partial charge >= 0.3 is 0 Å². The lowest BCUT2D eigenvalue weighted by Crippen LogP contribution is -2.30. The SMILES string of the molecule is COc1cc(/C=C2\SC(=O)N(CCc3ccccc3)C2=O)ccc1OCC#N. The smallest absolute Gasteiger partial charge is 0.293 e. The van der Waals surface area contributed by atoms with E-state index in [1.165, 1.54) is 12.0 Å². The molecule has 28 heavy (non-hydrogen) atoms. The molecule has 1 aliphatic rings. The number of hydrogen-bond acceptors (Lipinski definition) is 6. The van der Waals surface area contributed by atoms with E-state index in [4.69, 9.17) is 14.7 Å². The van der Waals surface area contributed by atoms with Crippen LogP contribution in [0.3, 0.4) is 0 Å². The van der Waals surface area contributed by atoms with E-state index in [0.717, 1.165) is 17.3 Å². The van der Waals surface area contributed by atoms with Gasteiger partial charge in [-0.3, -0.25) is 14.5 Å². The molecule has 7 heteroatoms. The summed E-state index contributed by atoms with van der Waals surface area (Å²) in [6.45, 7) is 0.256. The average molecular weight is 394 g/mol. The summed E-state index contributed by atoms with van der Waals surface area (Å²) in [6, 6.07) is 16.7. The Morgan fingerprint density at radius 3 is 2.64 bits per heavy atom. The fourth-order valence-corrected chi connectivity index (χ4v) is 3.60. The second-order valence-corrected chi connectivity index (χ2v) is 6.92. The van der Waals surface area contributed by atoms with E-state index in [9.17, 15) is 9.59 Å². The van der Waals surface area contributed by atoms with Crippen molar-refractivity contribution < 1.29 is 19.1 Å². The molecule has 0 aliphatic carbocycles. The molecule has 1 aliphatic heterocycles. The minimum absolute atomic E-state index is 0.0873. The fourth-order valence-electron chi connectivity index (χ4n) is 2.73. The highest BCUT2D eigenvalue weighted by Gasteiger charge is 2.34. The predicted octanol–water partition coefficient (Wildman–Crippen LogP) is 3.88. The van der Waals surface area contributed by atoms with E-state index in [2.05, 4.69) is 0 Å². The Morgan fingerprint density at radius 1 is 1.14 bits per heavy atom. The monoisotopic (exact) mass is 394 g/mol. The molecule has 6 nitrogen and oxygen atoms in total. The molecule has 1 saturated heterocycles. The van der Waals surface area contributed by atoms with Gasteiger partial charge in [0.25, 0.3) is 11.1 Å². The van der Waals surface area contributed by atoms with Gasteiger partial charge in [0.2, 0.25) is 0 Å². The van der Waals surface area contributed by atoms with E-state index >= 15 is 0 Å². The van der Waals surface area contributed by atoms with Gasteiger partial charge in [0.1, 0.15) is 6.07 Å². The van der Waals surface area contributed by atoms with Crippen molar-refractivity contribution in [3.63, 3.8) is 0 Å². The van der Waals surface area contributed by atoms with Crippen molar-refractivity contribution in [1.29, 1.82) is 5.26 Å². The number of nitrogens with zero attached hydrogens (tertiary/aromatic N) is 2. The number of benzene rings is 2. The Bertz CT molecular complexity index is 951. The molecule has 1 fully saturated rings. The van der Waals surface area contributed by atoms with Crippen LogP contribution in [0.5, 0.6) is 11.5 Å². The first-order chi connectivity index (χ1) is 13.6. The molecule has 0 spiro atoms. The second kappa shape index (κ2) is 9.11. The molecule has 0 saturated carbocycles. The van der Waals surface area contributed by atoms with Gasteiger partial charge in [-0.15, -0.1) is 0 Å². The Hall–Kier alpha value is -3.24. The fraction of sp³-hybridized carbons (Fsp3) is 0.190. The summed E-state index contributed by atoms with van der Waals surface area (Å²) >= 11 is 0.927. The summed E-state index contributed by atoms with van der Waals surface area (Å²) in [5.41, 5.74) is 1.78. The number of hydrogen-bond donors (Lipinski definition) is 0. The van der Waals surface area contributed by atoms with Crippen LogP contribution in [-0.2, 0) is 11.2 Å². The number of carbonyl (C=O) groups is 2. The van der Waals surface area contributed by atoms with Gasteiger partial charge in [-0.1, -0.05) is 36.4 Å². The highest BCUT2D eigenvalue weighted by molar-refractivity contribution is 8.18. The van der Waals surface area contributed by atoms with E-state index in [0.29, 0.717) is 34.9 Å². The molecular weight excluding hydrogens is 376 g/mol. The van der Waals surface area contributed by atoms with E-state index < -0.39 is 0 Å². The van der Waals surface area contributed by atoms with Crippen LogP contribution in [0, 0.1) is 11.3 Å². The molecule has 2 aromatic carbocycles. The number of methoxy groups -OCH3 is 1. The summed E-state index contributed by atoms with van der Waals surface area (Å²) < 4.78 is 10.6. The number of carbonyl (C=O) groups excluding carboxylic acids is 2. The zero-order valence-corrected chi connectivity index (χ0v) is 16.1. The first-order valence-corrected chi connectivity index (χ1v) is 9.41. The topological polar surface area (TPSA) is 79.6 Å². The van der Waals surface area contributed by atoms with Crippen LogP contribution in [0.4, 0.5) is 4.79 Å². The highest BCUT2D eigenvalue weighted by atomic mass is 32.2. The summed E-state index contributed by atoms with van der Waals surface area (Å²) in [5, 5.41) is 8.36. The maximum Gasteiger partial charge on any atom is 0.293 e. The first kappa shape index (κ1) is 19.5. The normalized spacial score (nSPS) is 15.0. The molecule has 1 heterocycles. The Kier molecular flexibility index (Phi) is 6.35. The van der Waals surface area contributed by atoms with Gasteiger partial charge in [0, 0.05) is 6.54 Å². The number of amides is 2. The van der Waals surface area contributed by atoms with Crippen LogP contribution < -0.4 is 9.47 Å². The van der Waals surface area contributed by atoms with Crippen LogP contribution >= 0.6 is 11.8 Å². The van der Waals surface area contributed by atoms with Crippen LogP contribution in [0.1, 0.15) is 11.1 Å². The van der Waals surface area contributed by atoms with Crippen molar-refractivity contribution in [2.75, 3.05) is 20.3 Å². The summed E-state index contributed by atoms with van der Waals surface area (Å²) in [6.07, 6.45) is 2.27. The zero-order chi connectivity index (χ0) is 19.9. The number of ether oxygens (including phenoxy) is 2. The molecule has 0 unspecified atom stereocenters. The highest BCUT2D eigenvalue weighted by Crippen LogP contribution is 2.34. The third-order valence-corrected chi connectivity index (χ3v) is 5.03. The zero-order valence-electron chi connectivity index (χ0n) is 15.3. The summed E-state index contributed by atoms with van der Waals surface area (Å²) in [4.78, 5) is 26.5. The quantitative estimate of drug-likeness (QED) is 0.663. The molecule has 0 atom stereocenters. The average Bonchev–Trinajstić information content (AvgIpc) is 2.98. The molecule has 142 valence electrons. The lowest BCUT2D eigenvalue weighted by Gasteiger charge is -2.12. The van der Waals surface area contributed by atoms with Crippen molar-refractivity contribution in [1.82, 2.24) is 4.90 Å². The Labute approximate surface area is 167 Å². The lowest BCUT2D eigenvalue weighted by molar-refractivity contribution is -0.122. The van der Waals surface area contributed by atoms with Gasteiger partial charge in [-0.2, -0.15) is 5.26 Å². The van der Waals surface area contributed by atoms with Crippen LogP contribution in [0.25, 0.3) is 6.08 Å². The van der Waals surface area contributed by atoms with Gasteiger partial charge in [0.15, 0.2) is 18.1 Å². The van der Waals surface area contributed by atoms with E-state index in [1.807, 2.05) is 36.4 Å². The maximum atomic E-state index is 12.6. The second-order valence-electron chi connectivity index (χ2n) is 5.93. The van der Waals surface area contributed by atoms with Crippen LogP contribution in [0.2, 0.25) is 0 Å². The van der Waals surface area contributed by atoms with E-state index in [1.54, 1.807) is 24.3 Å². The van der Waals surface area contributed by atoms with Crippen molar-refractivity contribution in [2.24, 2.45) is 0 Å². The standard InChI is InChI=1S/C21H18N2O4S/c1-26-18-13-16(7-8-17(18)27-12-10-22)14-19-20(24)23(21(25)28-19)11-9-15-5-3-2-4-6-15/h2-8,13-14H,9,11-12H2,1H3/b19-14-. The van der Waals surface area contributed by atoms with Gasteiger partial charge in [0.05, 0.1) is 12.0 Å². The van der Waals surface area contributed by atoms with Crippen LogP contribution in [0.15, 0.2) is 53.4 Å². The summed E-state index contributed by atoms with van der Waals surface area (Å²) in [5.74, 6) is 0.596. The van der Waals surface area contributed by atoms with Crippen molar-refractivity contribution in [3.05, 3.63) is 64.6 Å². The third-order valence-electron chi connectivity index (χ3n) is 4.12. The largest absolute Gasteiger partial charge is 0.493 e. The van der Waals surface area contributed by atoms with E-state index in [-0.39, 0.29) is 17.8 Å². The van der Waals surface area contributed by atoms with Gasteiger partial charge < -0.3 is 9.47 Å². The third kappa shape index (κ3) is 4.53. The van der Waals surface area contributed by atoms with Gasteiger partial charge in [-0.05, 0) is 47.5 Å². The molecule has 3 rings (SSSR count). The Morgan fingerprint density at radius 2 is 1.93 bits per heavy atom. The van der Waals surface area contributed by atoms with Crippen LogP contribution in [-0.4, -0.2) is 36.3 Å². The van der Waals surface area contributed by atoms with Crippen molar-refractivity contribution in [3.8, 4) is 17.6 Å². The molecule has 0 bridgehead atoms. The molecular formula is C21H18N2O4S. The molecule has 2 amide bonds. The number of nitriles is 1.